The maximum Gasteiger partial charge on any atom is 0.238 e. The summed E-state index contributed by atoms with van der Waals surface area (Å²) in [5.74, 6) is 0.829. The van der Waals surface area contributed by atoms with E-state index >= 15 is 0 Å². The number of nitrogens with one attached hydrogen (secondary N) is 2. The third-order valence-electron chi connectivity index (χ3n) is 3.28. The van der Waals surface area contributed by atoms with Gasteiger partial charge in [0.2, 0.25) is 5.91 Å². The van der Waals surface area contributed by atoms with Gasteiger partial charge in [0.05, 0.1) is 6.54 Å². The summed E-state index contributed by atoms with van der Waals surface area (Å²) < 4.78 is 0. The second kappa shape index (κ2) is 5.82. The average molecular weight is 232 g/mol. The maximum atomic E-state index is 11.6. The summed E-state index contributed by atoms with van der Waals surface area (Å²) >= 11 is 0. The monoisotopic (exact) mass is 232 g/mol. The Kier molecular flexibility index (Phi) is 4.15. The van der Waals surface area contributed by atoms with E-state index in [-0.39, 0.29) is 5.91 Å². The van der Waals surface area contributed by atoms with Gasteiger partial charge in [-0.2, -0.15) is 0 Å². The molecule has 0 unspecified atom stereocenters. The van der Waals surface area contributed by atoms with Crippen LogP contribution in [0.3, 0.4) is 0 Å². The predicted molar refractivity (Wildman–Crippen MR) is 70.0 cm³/mol. The van der Waals surface area contributed by atoms with E-state index in [0.717, 1.165) is 18.2 Å². The molecule has 1 aliphatic rings. The van der Waals surface area contributed by atoms with E-state index in [9.17, 15) is 4.79 Å². The molecule has 17 heavy (non-hydrogen) atoms. The van der Waals surface area contributed by atoms with Crippen molar-refractivity contribution < 1.29 is 4.79 Å². The molecule has 1 aliphatic carbocycles. The molecule has 1 aromatic rings. The van der Waals surface area contributed by atoms with Crippen molar-refractivity contribution >= 4 is 11.6 Å². The quantitative estimate of drug-likeness (QED) is 0.818. The van der Waals surface area contributed by atoms with Crippen molar-refractivity contribution in [1.29, 1.82) is 0 Å². The second-order valence-electron chi connectivity index (χ2n) is 4.84. The van der Waals surface area contributed by atoms with Crippen LogP contribution in [-0.4, -0.2) is 19.0 Å². The van der Waals surface area contributed by atoms with Crippen LogP contribution in [0, 0.1) is 12.8 Å². The highest BCUT2D eigenvalue weighted by molar-refractivity contribution is 5.92. The highest BCUT2D eigenvalue weighted by atomic mass is 16.1. The lowest BCUT2D eigenvalue weighted by atomic mass is 9.85. The van der Waals surface area contributed by atoms with E-state index in [1.165, 1.54) is 24.8 Å². The molecule has 0 aliphatic heterocycles. The van der Waals surface area contributed by atoms with Gasteiger partial charge in [-0.25, -0.2) is 0 Å². The molecule has 0 bridgehead atoms. The third-order valence-corrected chi connectivity index (χ3v) is 3.28. The van der Waals surface area contributed by atoms with Crippen LogP contribution in [0.2, 0.25) is 0 Å². The van der Waals surface area contributed by atoms with Gasteiger partial charge in [-0.05, 0) is 44.4 Å². The minimum Gasteiger partial charge on any atom is -0.325 e. The van der Waals surface area contributed by atoms with Crippen LogP contribution in [0.4, 0.5) is 5.69 Å². The molecule has 0 atom stereocenters. The molecule has 2 N–H and O–H groups in total. The van der Waals surface area contributed by atoms with Gasteiger partial charge in [0, 0.05) is 5.69 Å². The number of carbonyl (C=O) groups is 1. The lowest BCUT2D eigenvalue weighted by Gasteiger charge is -2.25. The van der Waals surface area contributed by atoms with Crippen molar-refractivity contribution in [2.24, 2.45) is 5.92 Å². The number of hydrogen-bond acceptors (Lipinski definition) is 2. The summed E-state index contributed by atoms with van der Waals surface area (Å²) in [6.45, 7) is 3.41. The molecule has 0 saturated heterocycles. The van der Waals surface area contributed by atoms with Crippen molar-refractivity contribution in [2.75, 3.05) is 18.4 Å². The highest BCUT2D eigenvalue weighted by Gasteiger charge is 2.16. The average Bonchev–Trinajstić information content (AvgIpc) is 2.25. The van der Waals surface area contributed by atoms with Crippen LogP contribution in [0.1, 0.15) is 24.8 Å². The molecule has 1 amide bonds. The molecular formula is C14H20N2O. The Balaban J connectivity index is 1.67. The highest BCUT2D eigenvalue weighted by Crippen LogP contribution is 2.24. The Hall–Kier alpha value is -1.35. The van der Waals surface area contributed by atoms with Gasteiger partial charge >= 0.3 is 0 Å². The van der Waals surface area contributed by atoms with Crippen LogP contribution in [-0.2, 0) is 4.79 Å². The minimum atomic E-state index is 0.0353. The van der Waals surface area contributed by atoms with Crippen LogP contribution < -0.4 is 10.6 Å². The molecule has 0 aromatic heterocycles. The van der Waals surface area contributed by atoms with Gasteiger partial charge < -0.3 is 10.6 Å². The molecule has 1 aromatic carbocycles. The Bertz CT molecular complexity index is 368. The first-order valence-corrected chi connectivity index (χ1v) is 6.31. The predicted octanol–water partition coefficient (Wildman–Crippen LogP) is 2.32. The summed E-state index contributed by atoms with van der Waals surface area (Å²) in [6.07, 6.45) is 3.97. The van der Waals surface area contributed by atoms with Crippen LogP contribution in [0.5, 0.6) is 0 Å². The molecule has 2 rings (SSSR count). The fraction of sp³-hybridized carbons (Fsp3) is 0.500. The van der Waals surface area contributed by atoms with Crippen molar-refractivity contribution in [1.82, 2.24) is 5.32 Å². The Morgan fingerprint density at radius 1 is 1.29 bits per heavy atom. The van der Waals surface area contributed by atoms with E-state index in [2.05, 4.69) is 10.6 Å². The number of hydrogen-bond donors (Lipinski definition) is 2. The summed E-state index contributed by atoms with van der Waals surface area (Å²) in [7, 11) is 0. The van der Waals surface area contributed by atoms with Crippen molar-refractivity contribution in [3.63, 3.8) is 0 Å². The normalized spacial score (nSPS) is 15.4. The summed E-state index contributed by atoms with van der Waals surface area (Å²) in [5, 5.41) is 6.08. The summed E-state index contributed by atoms with van der Waals surface area (Å²) in [6, 6.07) is 7.85. The first-order chi connectivity index (χ1) is 8.24. The van der Waals surface area contributed by atoms with E-state index in [1.807, 2.05) is 31.2 Å². The smallest absolute Gasteiger partial charge is 0.238 e. The molecule has 3 nitrogen and oxygen atoms in total. The number of amides is 1. The van der Waals surface area contributed by atoms with Gasteiger partial charge in [-0.15, -0.1) is 0 Å². The zero-order valence-electron chi connectivity index (χ0n) is 10.3. The SMILES string of the molecule is Cc1ccc(NC(=O)CNCC2CCC2)cc1. The molecule has 0 radical (unpaired) electrons. The molecule has 1 saturated carbocycles. The molecule has 0 heterocycles. The number of carbonyl (C=O) groups excluding carboxylic acids is 1. The van der Waals surface area contributed by atoms with Crippen LogP contribution in [0.15, 0.2) is 24.3 Å². The first-order valence-electron chi connectivity index (χ1n) is 6.31. The van der Waals surface area contributed by atoms with Gasteiger partial charge in [0.1, 0.15) is 0 Å². The zero-order chi connectivity index (χ0) is 12.1. The fourth-order valence-corrected chi connectivity index (χ4v) is 1.93. The molecule has 1 fully saturated rings. The first kappa shape index (κ1) is 12.1. The summed E-state index contributed by atoms with van der Waals surface area (Å²) in [4.78, 5) is 11.6. The topological polar surface area (TPSA) is 41.1 Å². The lowest BCUT2D eigenvalue weighted by Crippen LogP contribution is -2.33. The minimum absolute atomic E-state index is 0.0353. The van der Waals surface area contributed by atoms with E-state index in [1.54, 1.807) is 0 Å². The Morgan fingerprint density at radius 3 is 2.59 bits per heavy atom. The van der Waals surface area contributed by atoms with Crippen molar-refractivity contribution in [3.8, 4) is 0 Å². The van der Waals surface area contributed by atoms with Gasteiger partial charge in [-0.1, -0.05) is 24.1 Å². The molecule has 3 heteroatoms. The van der Waals surface area contributed by atoms with Crippen LogP contribution in [0.25, 0.3) is 0 Å². The lowest BCUT2D eigenvalue weighted by molar-refractivity contribution is -0.115. The molecule has 92 valence electrons. The largest absolute Gasteiger partial charge is 0.325 e. The zero-order valence-corrected chi connectivity index (χ0v) is 10.3. The van der Waals surface area contributed by atoms with Crippen LogP contribution >= 0.6 is 0 Å². The second-order valence-corrected chi connectivity index (χ2v) is 4.84. The Morgan fingerprint density at radius 2 is 2.00 bits per heavy atom. The fourth-order valence-electron chi connectivity index (χ4n) is 1.93. The van der Waals surface area contributed by atoms with Crippen molar-refractivity contribution in [2.45, 2.75) is 26.2 Å². The number of anilines is 1. The van der Waals surface area contributed by atoms with Crippen molar-refractivity contribution in [3.05, 3.63) is 29.8 Å². The van der Waals surface area contributed by atoms with Gasteiger partial charge in [0.15, 0.2) is 0 Å². The summed E-state index contributed by atoms with van der Waals surface area (Å²) in [5.41, 5.74) is 2.07. The maximum absolute atomic E-state index is 11.6. The van der Waals surface area contributed by atoms with Gasteiger partial charge in [-0.3, -0.25) is 4.79 Å². The van der Waals surface area contributed by atoms with E-state index in [4.69, 9.17) is 0 Å². The third kappa shape index (κ3) is 3.86. The Labute approximate surface area is 103 Å². The number of benzene rings is 1. The van der Waals surface area contributed by atoms with E-state index in [0.29, 0.717) is 6.54 Å². The molecule has 0 spiro atoms. The number of rotatable bonds is 5. The van der Waals surface area contributed by atoms with Gasteiger partial charge in [0.25, 0.3) is 0 Å². The number of aryl methyl sites for hydroxylation is 1. The van der Waals surface area contributed by atoms with E-state index < -0.39 is 0 Å². The standard InChI is InChI=1S/C14H20N2O/c1-11-5-7-13(8-6-11)16-14(17)10-15-9-12-3-2-4-12/h5-8,12,15H,2-4,9-10H2,1H3,(H,16,17). The molecular weight excluding hydrogens is 212 g/mol.